The molecule has 0 aliphatic heterocycles. The third-order valence-corrected chi connectivity index (χ3v) is 14.2. The van der Waals surface area contributed by atoms with Crippen molar-refractivity contribution in [3.05, 3.63) is 35.4 Å². The summed E-state index contributed by atoms with van der Waals surface area (Å²) in [5.74, 6) is 0.216. The summed E-state index contributed by atoms with van der Waals surface area (Å²) in [4.78, 5) is 87.1. The van der Waals surface area contributed by atoms with Crippen LogP contribution in [-0.2, 0) is 106 Å². The van der Waals surface area contributed by atoms with Gasteiger partial charge in [0, 0.05) is 12.5 Å². The summed E-state index contributed by atoms with van der Waals surface area (Å²) in [7, 11) is 0. The molecule has 0 spiro atoms. The van der Waals surface area contributed by atoms with Gasteiger partial charge in [0.25, 0.3) is 0 Å². The third kappa shape index (κ3) is 126. The highest BCUT2D eigenvalue weighted by molar-refractivity contribution is 8.00. The first kappa shape index (κ1) is 127. The molecule has 0 fully saturated rings. The van der Waals surface area contributed by atoms with Crippen LogP contribution in [0.3, 0.4) is 0 Å². The largest absolute Gasteiger partial charge is 0.463 e. The number of rotatable bonds is 34. The third-order valence-electron chi connectivity index (χ3n) is 12.1. The average molecular weight is 1660 g/mol. The van der Waals surface area contributed by atoms with Crippen molar-refractivity contribution >= 4 is 71.3 Å². The van der Waals surface area contributed by atoms with Crippen LogP contribution in [0.5, 0.6) is 0 Å². The van der Waals surface area contributed by atoms with E-state index in [-0.39, 0.29) is 133 Å². The van der Waals surface area contributed by atoms with E-state index in [4.69, 9.17) is 56.8 Å². The Morgan fingerprint density at radius 1 is 0.327 bits per heavy atom. The standard InChI is InChI=1S/C14H22.C9H16O4.C9H20O2.C9H18O2.C9H20.C8H17NO2.2C8H16O3.2C8H16O2S/c1-13(2,3)11-7-9-12(10-8-11)14(4,5)6;1-6(2)12-8(10)5-9(11)13-7(3)4;1-8(2)10-6-7-11-9(3,4)5;1-7(2)5-6-9(10)11-8(3)4;1-8(2)6-7-9(3,4)5;1-6(2)9-5-8(10)11-7(3)4;2*1-6(2)10-5-8(9)11-7(3)4;2*1-6(2)10-8(9)5-11-7(3)4/h7-10H,1-6H3;6-7H,5H2,1-4H3;8H,6-7H2,1-5H3;7-8H,5-6H2,1-4H3;8H,6-7H2,1-5H3;6-7,9H,5H2,1-4H3;4*6-7H,5H2,1-4H3. The van der Waals surface area contributed by atoms with Gasteiger partial charge in [0.15, 0.2) is 0 Å². The zero-order valence-corrected chi connectivity index (χ0v) is 82.1. The zero-order chi connectivity index (χ0) is 90.9. The number of hydrogen-bond acceptors (Lipinski definition) is 23. The maximum absolute atomic E-state index is 10.9. The topological polar surface area (TPSA) is 259 Å². The van der Waals surface area contributed by atoms with Crippen molar-refractivity contribution in [2.24, 2.45) is 17.3 Å². The lowest BCUT2D eigenvalue weighted by Gasteiger charge is -2.23. The maximum Gasteiger partial charge on any atom is 0.332 e. The summed E-state index contributed by atoms with van der Waals surface area (Å²) >= 11 is 3.21. The summed E-state index contributed by atoms with van der Waals surface area (Å²) in [6.07, 6.45) is 3.86. The van der Waals surface area contributed by atoms with E-state index in [9.17, 15) is 38.4 Å². The van der Waals surface area contributed by atoms with Gasteiger partial charge in [-0.25, -0.2) is 9.59 Å². The molecule has 0 saturated heterocycles. The van der Waals surface area contributed by atoms with Gasteiger partial charge >= 0.3 is 47.8 Å². The fraction of sp³-hybridized carbons (Fsp3) is 0.844. The van der Waals surface area contributed by atoms with Crippen LogP contribution in [0.25, 0.3) is 0 Å². The van der Waals surface area contributed by atoms with E-state index in [1.807, 2.05) is 159 Å². The summed E-state index contributed by atoms with van der Waals surface area (Å²) in [6, 6.07) is 9.33. The van der Waals surface area contributed by atoms with Gasteiger partial charge in [-0.3, -0.25) is 28.8 Å². The first-order chi connectivity index (χ1) is 51.1. The Morgan fingerprint density at radius 3 is 0.832 bits per heavy atom. The van der Waals surface area contributed by atoms with Crippen LogP contribution in [0.4, 0.5) is 0 Å². The molecule has 1 aromatic rings. The molecular weight excluding hydrogens is 1480 g/mol. The van der Waals surface area contributed by atoms with Gasteiger partial charge in [-0.2, -0.15) is 0 Å². The second-order valence-electron chi connectivity index (χ2n) is 35.8. The van der Waals surface area contributed by atoms with Gasteiger partial charge in [0.2, 0.25) is 0 Å². The molecule has 1 rings (SSSR count). The van der Waals surface area contributed by atoms with Crippen molar-refractivity contribution in [3.63, 3.8) is 0 Å². The predicted octanol–water partition coefficient (Wildman–Crippen LogP) is 21.5. The average Bonchev–Trinajstić information content (AvgIpc) is 0.834. The lowest BCUT2D eigenvalue weighted by Crippen LogP contribution is -2.31. The van der Waals surface area contributed by atoms with Crippen LogP contribution in [0.2, 0.25) is 0 Å². The zero-order valence-electron chi connectivity index (χ0n) is 80.5. The molecule has 0 aliphatic rings. The van der Waals surface area contributed by atoms with Gasteiger partial charge in [0.1, 0.15) is 19.6 Å². The maximum atomic E-state index is 10.9. The van der Waals surface area contributed by atoms with E-state index in [2.05, 4.69) is 147 Å². The SMILES string of the molecule is CC(C)(C)c1ccc(C(C)(C)C)cc1.CC(C)CCC(=O)OC(C)C.CC(C)CCC(C)(C)C.CC(C)NCC(=O)OC(C)C.CC(C)OC(=O)CC(=O)OC(C)C.CC(C)OC(=O)CSC(C)C.CC(C)OC(=O)CSC(C)C.CC(C)OCC(=O)OC(C)C.CC(C)OCC(=O)OC(C)C.CC(C)OCCOC(C)(C)C. The molecule has 0 saturated carbocycles. The molecule has 0 aliphatic carbocycles. The Morgan fingerprint density at radius 2 is 0.602 bits per heavy atom. The second-order valence-corrected chi connectivity index (χ2v) is 39.0. The van der Waals surface area contributed by atoms with Crippen LogP contribution in [-0.4, -0.2) is 182 Å². The lowest BCUT2D eigenvalue weighted by molar-refractivity contribution is -0.159. The minimum atomic E-state index is -0.541. The minimum Gasteiger partial charge on any atom is -0.463 e. The molecule has 0 aromatic heterocycles. The minimum absolute atomic E-state index is 0.00950. The summed E-state index contributed by atoms with van der Waals surface area (Å²) in [5.41, 5.74) is 3.83. The molecule has 1 N–H and O–H groups in total. The highest BCUT2D eigenvalue weighted by Crippen LogP contribution is 2.27. The van der Waals surface area contributed by atoms with E-state index in [0.29, 0.717) is 71.7 Å². The van der Waals surface area contributed by atoms with Gasteiger partial charge in [0.05, 0.1) is 104 Å². The number of nitrogens with one attached hydrogen (secondary N) is 1. The molecule has 113 heavy (non-hydrogen) atoms. The van der Waals surface area contributed by atoms with Crippen LogP contribution >= 0.6 is 23.5 Å². The van der Waals surface area contributed by atoms with Crippen molar-refractivity contribution in [3.8, 4) is 0 Å². The molecule has 0 amide bonds. The van der Waals surface area contributed by atoms with Crippen LogP contribution in [0.15, 0.2) is 24.3 Å². The van der Waals surface area contributed by atoms with Crippen LogP contribution in [0.1, 0.15) is 348 Å². The fourth-order valence-electron chi connectivity index (χ4n) is 7.00. The number of ether oxygens (including phenoxy) is 12. The van der Waals surface area contributed by atoms with Crippen LogP contribution < -0.4 is 5.32 Å². The summed E-state index contributed by atoms with van der Waals surface area (Å²) < 4.78 is 59.8. The number of esters is 8. The lowest BCUT2D eigenvalue weighted by atomic mass is 9.82. The normalized spacial score (nSPS) is 11.3. The number of carbonyl (C=O) groups is 8. The van der Waals surface area contributed by atoms with Gasteiger partial charge in [-0.15, -0.1) is 23.5 Å². The van der Waals surface area contributed by atoms with Crippen molar-refractivity contribution < 1.29 is 95.2 Å². The Bertz CT molecular complexity index is 2170. The quantitative estimate of drug-likeness (QED) is 0.0291. The fourth-order valence-corrected chi connectivity index (χ4v) is 8.07. The Labute approximate surface area is 702 Å². The van der Waals surface area contributed by atoms with E-state index < -0.39 is 11.9 Å². The molecular formula is C90H177NO20S2. The van der Waals surface area contributed by atoms with Crippen molar-refractivity contribution in [2.75, 3.05) is 44.5 Å². The molecule has 0 atom stereocenters. The highest BCUT2D eigenvalue weighted by Gasteiger charge is 2.19. The molecule has 0 heterocycles. The monoisotopic (exact) mass is 1660 g/mol. The molecule has 0 bridgehead atoms. The highest BCUT2D eigenvalue weighted by atomic mass is 32.2. The molecule has 0 radical (unpaired) electrons. The Kier molecular flexibility index (Phi) is 82.7. The summed E-state index contributed by atoms with van der Waals surface area (Å²) in [6.45, 7) is 89.9. The van der Waals surface area contributed by atoms with Gasteiger partial charge in [-0.1, -0.05) is 162 Å². The van der Waals surface area contributed by atoms with Crippen molar-refractivity contribution in [1.82, 2.24) is 5.32 Å². The number of carbonyl (C=O) groups excluding carboxylic acids is 8. The van der Waals surface area contributed by atoms with Crippen molar-refractivity contribution in [1.29, 1.82) is 0 Å². The first-order valence-electron chi connectivity index (χ1n) is 41.2. The first-order valence-corrected chi connectivity index (χ1v) is 43.3. The number of benzene rings is 1. The second kappa shape index (κ2) is 73.8. The number of thioether (sulfide) groups is 2. The summed E-state index contributed by atoms with van der Waals surface area (Å²) in [5, 5.41) is 3.97. The van der Waals surface area contributed by atoms with Gasteiger partial charge < -0.3 is 62.2 Å². The smallest absolute Gasteiger partial charge is 0.332 e. The predicted molar refractivity (Wildman–Crippen MR) is 473 cm³/mol. The molecule has 674 valence electrons. The molecule has 1 aromatic carbocycles. The Hall–Kier alpha value is -4.52. The Balaban J connectivity index is -0.000000152. The molecule has 23 heteroatoms. The van der Waals surface area contributed by atoms with E-state index in [0.717, 1.165) is 12.3 Å². The number of hydrogen-bond donors (Lipinski definition) is 1. The van der Waals surface area contributed by atoms with E-state index in [1.165, 1.54) is 24.0 Å². The van der Waals surface area contributed by atoms with Gasteiger partial charge in [-0.05, 0) is 236 Å². The molecule has 0 unspecified atom stereocenters. The van der Waals surface area contributed by atoms with Crippen molar-refractivity contribution in [2.45, 2.75) is 437 Å². The van der Waals surface area contributed by atoms with E-state index in [1.54, 1.807) is 51.2 Å². The van der Waals surface area contributed by atoms with E-state index >= 15 is 0 Å². The molecule has 21 nitrogen and oxygen atoms in total. The van der Waals surface area contributed by atoms with Crippen LogP contribution in [0, 0.1) is 17.3 Å².